The highest BCUT2D eigenvalue weighted by atomic mass is 16.5. The number of hydrogen-bond donors (Lipinski definition) is 2. The molecule has 0 aromatic carbocycles. The Morgan fingerprint density at radius 3 is 2.50 bits per heavy atom. The molecule has 0 spiro atoms. The zero-order chi connectivity index (χ0) is 11.0. The van der Waals surface area contributed by atoms with Gasteiger partial charge in [0.2, 0.25) is 0 Å². The summed E-state index contributed by atoms with van der Waals surface area (Å²) in [6, 6.07) is 0.344. The van der Waals surface area contributed by atoms with E-state index in [4.69, 9.17) is 4.74 Å². The molecule has 0 fully saturated rings. The molecule has 0 saturated heterocycles. The van der Waals surface area contributed by atoms with Crippen LogP contribution in [0.15, 0.2) is 0 Å². The molecule has 0 bridgehead atoms. The van der Waals surface area contributed by atoms with Gasteiger partial charge >= 0.3 is 0 Å². The molecule has 4 nitrogen and oxygen atoms in total. The number of hydrogen-bond acceptors (Lipinski definition) is 4. The molecular formula is C10H24N2O2. The Bertz CT molecular complexity index is 131. The Labute approximate surface area is 87.2 Å². The lowest BCUT2D eigenvalue weighted by molar-refractivity contribution is 0.117. The van der Waals surface area contributed by atoms with E-state index in [9.17, 15) is 5.11 Å². The summed E-state index contributed by atoms with van der Waals surface area (Å²) in [4.78, 5) is 1.98. The predicted octanol–water partition coefficient (Wildman–Crippen LogP) is -0.0765. The number of aliphatic hydroxyl groups is 1. The molecule has 0 aromatic rings. The van der Waals surface area contributed by atoms with E-state index in [0.717, 1.165) is 6.42 Å². The van der Waals surface area contributed by atoms with Crippen molar-refractivity contribution in [3.63, 3.8) is 0 Å². The van der Waals surface area contributed by atoms with Crippen LogP contribution in [0.4, 0.5) is 0 Å². The zero-order valence-electron chi connectivity index (χ0n) is 9.79. The molecule has 0 aliphatic carbocycles. The van der Waals surface area contributed by atoms with Crippen molar-refractivity contribution in [1.29, 1.82) is 0 Å². The smallest absolute Gasteiger partial charge is 0.0791 e. The van der Waals surface area contributed by atoms with Crippen LogP contribution in [0.5, 0.6) is 0 Å². The number of nitrogens with one attached hydrogen (secondary N) is 1. The highest BCUT2D eigenvalue weighted by Crippen LogP contribution is 1.92. The van der Waals surface area contributed by atoms with Crippen LogP contribution < -0.4 is 5.32 Å². The van der Waals surface area contributed by atoms with E-state index in [-0.39, 0.29) is 6.10 Å². The molecule has 0 aliphatic heterocycles. The van der Waals surface area contributed by atoms with Crippen molar-refractivity contribution in [3.8, 4) is 0 Å². The monoisotopic (exact) mass is 204 g/mol. The highest BCUT2D eigenvalue weighted by molar-refractivity contribution is 4.68. The fourth-order valence-corrected chi connectivity index (χ4v) is 1.31. The summed E-state index contributed by atoms with van der Waals surface area (Å²) >= 11 is 0. The second-order valence-electron chi connectivity index (χ2n) is 3.88. The molecule has 0 aromatic heterocycles. The van der Waals surface area contributed by atoms with Crippen molar-refractivity contribution in [2.24, 2.45) is 0 Å². The van der Waals surface area contributed by atoms with Crippen molar-refractivity contribution < 1.29 is 9.84 Å². The summed E-state index contributed by atoms with van der Waals surface area (Å²) in [5.74, 6) is 0. The number of methoxy groups -OCH3 is 1. The van der Waals surface area contributed by atoms with Gasteiger partial charge in [-0.25, -0.2) is 0 Å². The first kappa shape index (κ1) is 13.8. The van der Waals surface area contributed by atoms with E-state index in [0.29, 0.717) is 25.7 Å². The molecule has 2 N–H and O–H groups in total. The second-order valence-corrected chi connectivity index (χ2v) is 3.88. The molecule has 14 heavy (non-hydrogen) atoms. The SMILES string of the molecule is CCC(COC)NCC(O)CN(C)C. The van der Waals surface area contributed by atoms with Crippen LogP contribution >= 0.6 is 0 Å². The minimum atomic E-state index is -0.309. The summed E-state index contributed by atoms with van der Waals surface area (Å²) in [7, 11) is 5.60. The normalized spacial score (nSPS) is 15.9. The molecule has 0 aliphatic rings. The quantitative estimate of drug-likeness (QED) is 0.581. The first-order valence-electron chi connectivity index (χ1n) is 5.15. The van der Waals surface area contributed by atoms with Gasteiger partial charge in [-0.1, -0.05) is 6.92 Å². The van der Waals surface area contributed by atoms with Gasteiger partial charge in [0.1, 0.15) is 0 Å². The van der Waals surface area contributed by atoms with Gasteiger partial charge in [-0.05, 0) is 20.5 Å². The van der Waals surface area contributed by atoms with E-state index in [1.54, 1.807) is 7.11 Å². The molecule has 0 heterocycles. The number of aliphatic hydroxyl groups excluding tert-OH is 1. The van der Waals surface area contributed by atoms with Crippen LogP contribution in [0.25, 0.3) is 0 Å². The largest absolute Gasteiger partial charge is 0.390 e. The molecule has 2 unspecified atom stereocenters. The van der Waals surface area contributed by atoms with Crippen molar-refractivity contribution in [1.82, 2.24) is 10.2 Å². The Kier molecular flexibility index (Phi) is 8.08. The third kappa shape index (κ3) is 7.26. The molecule has 0 amide bonds. The Morgan fingerprint density at radius 1 is 1.43 bits per heavy atom. The van der Waals surface area contributed by atoms with Crippen molar-refractivity contribution in [2.75, 3.05) is 40.9 Å². The fourth-order valence-electron chi connectivity index (χ4n) is 1.31. The molecule has 2 atom stereocenters. The summed E-state index contributed by atoms with van der Waals surface area (Å²) < 4.78 is 5.05. The summed E-state index contributed by atoms with van der Waals surface area (Å²) in [5.41, 5.74) is 0. The van der Waals surface area contributed by atoms with Gasteiger partial charge < -0.3 is 20.1 Å². The minimum Gasteiger partial charge on any atom is -0.390 e. The lowest BCUT2D eigenvalue weighted by Gasteiger charge is -2.20. The van der Waals surface area contributed by atoms with Crippen molar-refractivity contribution in [3.05, 3.63) is 0 Å². The average Bonchev–Trinajstić information content (AvgIpc) is 2.11. The topological polar surface area (TPSA) is 44.7 Å². The summed E-state index contributed by atoms with van der Waals surface area (Å²) in [5, 5.41) is 12.9. The van der Waals surface area contributed by atoms with E-state index in [2.05, 4.69) is 12.2 Å². The number of likely N-dealkylation sites (N-methyl/N-ethyl adjacent to an activating group) is 1. The Hall–Kier alpha value is -0.160. The molecule has 0 saturated carbocycles. The number of nitrogens with zero attached hydrogens (tertiary/aromatic N) is 1. The molecular weight excluding hydrogens is 180 g/mol. The third-order valence-corrected chi connectivity index (χ3v) is 2.08. The Balaban J connectivity index is 3.56. The fraction of sp³-hybridized carbons (Fsp3) is 1.00. The average molecular weight is 204 g/mol. The van der Waals surface area contributed by atoms with Crippen LogP contribution in [-0.2, 0) is 4.74 Å². The van der Waals surface area contributed by atoms with Gasteiger partial charge in [0.05, 0.1) is 12.7 Å². The summed E-state index contributed by atoms with van der Waals surface area (Å²) in [6.07, 6.45) is 0.707. The van der Waals surface area contributed by atoms with E-state index in [1.165, 1.54) is 0 Å². The van der Waals surface area contributed by atoms with E-state index < -0.39 is 0 Å². The van der Waals surface area contributed by atoms with Crippen LogP contribution in [0.3, 0.4) is 0 Å². The first-order valence-corrected chi connectivity index (χ1v) is 5.15. The molecule has 86 valence electrons. The first-order chi connectivity index (χ1) is 6.60. The molecule has 4 heteroatoms. The van der Waals surface area contributed by atoms with Crippen LogP contribution in [0.1, 0.15) is 13.3 Å². The van der Waals surface area contributed by atoms with Crippen molar-refractivity contribution in [2.45, 2.75) is 25.5 Å². The predicted molar refractivity (Wildman–Crippen MR) is 58.5 cm³/mol. The van der Waals surface area contributed by atoms with Gasteiger partial charge in [0.15, 0.2) is 0 Å². The number of rotatable bonds is 8. The maximum atomic E-state index is 9.59. The Morgan fingerprint density at radius 2 is 2.07 bits per heavy atom. The van der Waals surface area contributed by atoms with Crippen LogP contribution in [0.2, 0.25) is 0 Å². The lowest BCUT2D eigenvalue weighted by atomic mass is 10.2. The van der Waals surface area contributed by atoms with Crippen LogP contribution in [0, 0.1) is 0 Å². The van der Waals surface area contributed by atoms with Gasteiger partial charge in [-0.15, -0.1) is 0 Å². The highest BCUT2D eigenvalue weighted by Gasteiger charge is 2.09. The van der Waals surface area contributed by atoms with Gasteiger partial charge in [0, 0.05) is 26.2 Å². The maximum absolute atomic E-state index is 9.59. The van der Waals surface area contributed by atoms with Crippen LogP contribution in [-0.4, -0.2) is 63.1 Å². The number of ether oxygens (including phenoxy) is 1. The van der Waals surface area contributed by atoms with Crippen molar-refractivity contribution >= 4 is 0 Å². The maximum Gasteiger partial charge on any atom is 0.0791 e. The summed E-state index contributed by atoms with van der Waals surface area (Å²) in [6.45, 7) is 4.12. The van der Waals surface area contributed by atoms with E-state index in [1.807, 2.05) is 19.0 Å². The van der Waals surface area contributed by atoms with Gasteiger partial charge in [-0.3, -0.25) is 0 Å². The molecule has 0 rings (SSSR count). The van der Waals surface area contributed by atoms with Gasteiger partial charge in [-0.2, -0.15) is 0 Å². The minimum absolute atomic E-state index is 0.309. The second kappa shape index (κ2) is 8.17. The third-order valence-electron chi connectivity index (χ3n) is 2.08. The molecule has 0 radical (unpaired) electrons. The lowest BCUT2D eigenvalue weighted by Crippen LogP contribution is -2.41. The zero-order valence-corrected chi connectivity index (χ0v) is 9.79. The van der Waals surface area contributed by atoms with Gasteiger partial charge in [0.25, 0.3) is 0 Å². The standard InChI is InChI=1S/C10H24N2O2/c1-5-9(8-14-4)11-6-10(13)7-12(2)3/h9-11,13H,5-8H2,1-4H3. The van der Waals surface area contributed by atoms with E-state index >= 15 is 0 Å².